The number of hydrogen-bond donors (Lipinski definition) is 2. The summed E-state index contributed by atoms with van der Waals surface area (Å²) >= 11 is 3.03. The van der Waals surface area contributed by atoms with Gasteiger partial charge in [-0.05, 0) is 36.6 Å². The van der Waals surface area contributed by atoms with Crippen molar-refractivity contribution in [3.63, 3.8) is 0 Å². The zero-order valence-corrected chi connectivity index (χ0v) is 12.5. The lowest BCUT2D eigenvalue weighted by molar-refractivity contribution is 0.0928. The number of nitrogens with one attached hydrogen (secondary N) is 1. The standard InChI is InChI=1S/C14H16N2O2S2/c17-5-3-11(9-1-2-9)16-13(18)12-7-15-14(20-12)10-4-6-19-8-10/h4,6-9,11,17H,1-3,5H2,(H,16,18). The summed E-state index contributed by atoms with van der Waals surface area (Å²) in [7, 11) is 0. The summed E-state index contributed by atoms with van der Waals surface area (Å²) in [6.07, 6.45) is 4.56. The Kier molecular flexibility index (Phi) is 4.14. The van der Waals surface area contributed by atoms with Gasteiger partial charge in [-0.2, -0.15) is 11.3 Å². The number of nitrogens with zero attached hydrogens (tertiary/aromatic N) is 1. The van der Waals surface area contributed by atoms with Crippen LogP contribution in [0.5, 0.6) is 0 Å². The maximum absolute atomic E-state index is 12.2. The van der Waals surface area contributed by atoms with Crippen molar-refractivity contribution in [1.29, 1.82) is 0 Å². The number of carbonyl (C=O) groups excluding carboxylic acids is 1. The lowest BCUT2D eigenvalue weighted by Gasteiger charge is -2.16. The van der Waals surface area contributed by atoms with E-state index in [2.05, 4.69) is 10.3 Å². The summed E-state index contributed by atoms with van der Waals surface area (Å²) in [4.78, 5) is 17.2. The zero-order valence-electron chi connectivity index (χ0n) is 10.9. The van der Waals surface area contributed by atoms with E-state index in [1.165, 1.54) is 11.3 Å². The van der Waals surface area contributed by atoms with Gasteiger partial charge in [0.2, 0.25) is 0 Å². The van der Waals surface area contributed by atoms with Gasteiger partial charge in [-0.1, -0.05) is 0 Å². The van der Waals surface area contributed by atoms with Crippen LogP contribution < -0.4 is 5.32 Å². The molecule has 0 spiro atoms. The monoisotopic (exact) mass is 308 g/mol. The molecule has 106 valence electrons. The molecule has 2 heterocycles. The number of hydrogen-bond acceptors (Lipinski definition) is 5. The van der Waals surface area contributed by atoms with Crippen molar-refractivity contribution in [1.82, 2.24) is 10.3 Å². The van der Waals surface area contributed by atoms with Crippen molar-refractivity contribution in [2.75, 3.05) is 6.61 Å². The lowest BCUT2D eigenvalue weighted by atomic mass is 10.1. The molecule has 6 heteroatoms. The van der Waals surface area contributed by atoms with E-state index in [1.54, 1.807) is 17.5 Å². The molecule has 0 aliphatic heterocycles. The van der Waals surface area contributed by atoms with Gasteiger partial charge >= 0.3 is 0 Å². The van der Waals surface area contributed by atoms with Gasteiger partial charge in [0.1, 0.15) is 9.88 Å². The first-order chi connectivity index (χ1) is 9.78. The minimum atomic E-state index is -0.0747. The van der Waals surface area contributed by atoms with Crippen LogP contribution in [0.25, 0.3) is 10.6 Å². The van der Waals surface area contributed by atoms with Gasteiger partial charge in [-0.3, -0.25) is 4.79 Å². The molecule has 0 radical (unpaired) electrons. The minimum Gasteiger partial charge on any atom is -0.396 e. The van der Waals surface area contributed by atoms with Crippen molar-refractivity contribution in [3.05, 3.63) is 27.9 Å². The van der Waals surface area contributed by atoms with Crippen LogP contribution in [0.15, 0.2) is 23.0 Å². The van der Waals surface area contributed by atoms with Crippen LogP contribution in [0.3, 0.4) is 0 Å². The lowest BCUT2D eigenvalue weighted by Crippen LogP contribution is -2.36. The molecule has 1 fully saturated rings. The number of amides is 1. The Hall–Kier alpha value is -1.24. The summed E-state index contributed by atoms with van der Waals surface area (Å²) in [6.45, 7) is 0.115. The van der Waals surface area contributed by atoms with Crippen molar-refractivity contribution < 1.29 is 9.90 Å². The average molecular weight is 308 g/mol. The van der Waals surface area contributed by atoms with E-state index >= 15 is 0 Å². The molecular weight excluding hydrogens is 292 g/mol. The molecule has 20 heavy (non-hydrogen) atoms. The molecule has 0 aromatic carbocycles. The van der Waals surface area contributed by atoms with E-state index in [-0.39, 0.29) is 18.6 Å². The normalized spacial score (nSPS) is 16.1. The Bertz CT molecular complexity index is 576. The van der Waals surface area contributed by atoms with Gasteiger partial charge in [0.15, 0.2) is 0 Å². The molecule has 1 amide bonds. The van der Waals surface area contributed by atoms with Gasteiger partial charge < -0.3 is 10.4 Å². The highest BCUT2D eigenvalue weighted by Gasteiger charge is 2.32. The second-order valence-electron chi connectivity index (χ2n) is 4.97. The third-order valence-corrected chi connectivity index (χ3v) is 5.17. The van der Waals surface area contributed by atoms with Crippen LogP contribution in [0.1, 0.15) is 28.9 Å². The van der Waals surface area contributed by atoms with Crippen molar-refractivity contribution in [2.24, 2.45) is 5.92 Å². The zero-order chi connectivity index (χ0) is 13.9. The fraction of sp³-hybridized carbons (Fsp3) is 0.429. The predicted octanol–water partition coefficient (Wildman–Crippen LogP) is 2.76. The molecule has 1 saturated carbocycles. The molecule has 0 saturated heterocycles. The molecule has 3 rings (SSSR count). The quantitative estimate of drug-likeness (QED) is 0.862. The first kappa shape index (κ1) is 13.7. The Morgan fingerprint density at radius 3 is 3.05 bits per heavy atom. The van der Waals surface area contributed by atoms with Crippen LogP contribution in [-0.2, 0) is 0 Å². The molecule has 1 unspecified atom stereocenters. The highest BCUT2D eigenvalue weighted by atomic mass is 32.1. The molecule has 1 aliphatic carbocycles. The van der Waals surface area contributed by atoms with Gasteiger partial charge in [0, 0.05) is 23.6 Å². The summed E-state index contributed by atoms with van der Waals surface area (Å²) in [5.74, 6) is 0.463. The first-order valence-electron chi connectivity index (χ1n) is 6.68. The Morgan fingerprint density at radius 2 is 2.40 bits per heavy atom. The molecule has 1 atom stereocenters. The molecule has 4 nitrogen and oxygen atoms in total. The van der Waals surface area contributed by atoms with Gasteiger partial charge in [0.25, 0.3) is 5.91 Å². The number of rotatable bonds is 6. The molecular formula is C14H16N2O2S2. The van der Waals surface area contributed by atoms with Crippen LogP contribution in [0, 0.1) is 5.92 Å². The van der Waals surface area contributed by atoms with E-state index in [0.717, 1.165) is 23.4 Å². The largest absolute Gasteiger partial charge is 0.396 e. The fourth-order valence-electron chi connectivity index (χ4n) is 2.20. The number of thiazole rings is 1. The van der Waals surface area contributed by atoms with E-state index in [1.807, 2.05) is 16.8 Å². The number of aliphatic hydroxyl groups is 1. The highest BCUT2D eigenvalue weighted by Crippen LogP contribution is 2.34. The summed E-state index contributed by atoms with van der Waals surface area (Å²) in [6, 6.07) is 2.10. The van der Waals surface area contributed by atoms with Crippen LogP contribution >= 0.6 is 22.7 Å². The average Bonchev–Trinajstić information content (AvgIpc) is 2.94. The smallest absolute Gasteiger partial charge is 0.263 e. The summed E-state index contributed by atoms with van der Waals surface area (Å²) in [5, 5.41) is 17.0. The van der Waals surface area contributed by atoms with Crippen molar-refractivity contribution >= 4 is 28.6 Å². The number of aromatic nitrogens is 1. The number of thiophene rings is 1. The third kappa shape index (κ3) is 3.08. The molecule has 2 N–H and O–H groups in total. The summed E-state index contributed by atoms with van der Waals surface area (Å²) in [5.41, 5.74) is 1.06. The molecule has 2 aromatic heterocycles. The fourth-order valence-corrected chi connectivity index (χ4v) is 3.73. The number of aliphatic hydroxyl groups excluding tert-OH is 1. The van der Waals surface area contributed by atoms with E-state index < -0.39 is 0 Å². The Balaban J connectivity index is 1.67. The second kappa shape index (κ2) is 6.03. The van der Waals surface area contributed by atoms with E-state index in [9.17, 15) is 4.79 Å². The Labute approximate surface area is 125 Å². The maximum Gasteiger partial charge on any atom is 0.263 e. The van der Waals surface area contributed by atoms with Gasteiger partial charge in [-0.15, -0.1) is 11.3 Å². The van der Waals surface area contributed by atoms with Crippen molar-refractivity contribution in [3.8, 4) is 10.6 Å². The predicted molar refractivity (Wildman–Crippen MR) is 81.1 cm³/mol. The Morgan fingerprint density at radius 1 is 1.55 bits per heavy atom. The van der Waals surface area contributed by atoms with Crippen molar-refractivity contribution in [2.45, 2.75) is 25.3 Å². The second-order valence-corrected chi connectivity index (χ2v) is 6.78. The van der Waals surface area contributed by atoms with Gasteiger partial charge in [-0.25, -0.2) is 4.98 Å². The number of carbonyl (C=O) groups is 1. The molecule has 2 aromatic rings. The van der Waals surface area contributed by atoms with Crippen LogP contribution in [-0.4, -0.2) is 28.6 Å². The summed E-state index contributed by atoms with van der Waals surface area (Å²) < 4.78 is 0. The van der Waals surface area contributed by atoms with Crippen LogP contribution in [0.2, 0.25) is 0 Å². The van der Waals surface area contributed by atoms with E-state index in [0.29, 0.717) is 17.2 Å². The third-order valence-electron chi connectivity index (χ3n) is 3.45. The minimum absolute atomic E-state index is 0.0747. The van der Waals surface area contributed by atoms with E-state index in [4.69, 9.17) is 5.11 Å². The SMILES string of the molecule is O=C(NC(CCO)C1CC1)c1cnc(-c2ccsc2)s1. The molecule has 0 bridgehead atoms. The first-order valence-corrected chi connectivity index (χ1v) is 8.44. The molecule has 1 aliphatic rings. The van der Waals surface area contributed by atoms with Crippen LogP contribution in [0.4, 0.5) is 0 Å². The maximum atomic E-state index is 12.2. The topological polar surface area (TPSA) is 62.2 Å². The highest BCUT2D eigenvalue weighted by molar-refractivity contribution is 7.17. The van der Waals surface area contributed by atoms with Gasteiger partial charge in [0.05, 0.1) is 6.20 Å².